The van der Waals surface area contributed by atoms with Gasteiger partial charge in [-0.2, -0.15) is 0 Å². The largest absolute Gasteiger partial charge is 0.366 e. The van der Waals surface area contributed by atoms with Crippen molar-refractivity contribution in [2.24, 2.45) is 11.7 Å². The minimum atomic E-state index is -0.406. The predicted molar refractivity (Wildman–Crippen MR) is 91.3 cm³/mol. The number of hydrogen-bond acceptors (Lipinski definition) is 3. The van der Waals surface area contributed by atoms with Crippen LogP contribution in [0.1, 0.15) is 27.9 Å². The second-order valence-electron chi connectivity index (χ2n) is 6.30. The first kappa shape index (κ1) is 16.2. The summed E-state index contributed by atoms with van der Waals surface area (Å²) in [5.74, 6) is 0.166. The van der Waals surface area contributed by atoms with Gasteiger partial charge in [0.2, 0.25) is 11.8 Å². The quantitative estimate of drug-likeness (QED) is 0.912. The number of benzene rings is 1. The molecule has 1 aliphatic rings. The zero-order chi connectivity index (χ0) is 16.9. The number of amides is 2. The van der Waals surface area contributed by atoms with Crippen molar-refractivity contribution in [3.63, 3.8) is 0 Å². The van der Waals surface area contributed by atoms with Crippen LogP contribution in [-0.4, -0.2) is 34.8 Å². The normalized spacial score (nSPS) is 17.0. The van der Waals surface area contributed by atoms with Gasteiger partial charge in [0.05, 0.1) is 6.42 Å². The highest BCUT2D eigenvalue weighted by Crippen LogP contribution is 2.22. The fourth-order valence-electron chi connectivity index (χ4n) is 3.20. The molecular weight excluding hydrogens is 302 g/mol. The molecule has 1 aromatic heterocycles. The molecule has 1 fully saturated rings. The molecule has 1 aromatic carbocycles. The Balaban J connectivity index is 1.56. The lowest BCUT2D eigenvalue weighted by Gasteiger charge is -2.16. The first-order valence-electron chi connectivity index (χ1n) is 8.17. The Morgan fingerprint density at radius 1 is 1.21 bits per heavy atom. The van der Waals surface area contributed by atoms with Gasteiger partial charge in [-0.1, -0.05) is 18.2 Å². The van der Waals surface area contributed by atoms with Crippen LogP contribution in [0.4, 0.5) is 0 Å². The average molecular weight is 323 g/mol. The van der Waals surface area contributed by atoms with Crippen molar-refractivity contribution in [1.29, 1.82) is 0 Å². The molecule has 0 radical (unpaired) electrons. The fraction of sp³-hybridized carbons (Fsp3) is 0.316. The molecule has 0 bridgehead atoms. The van der Waals surface area contributed by atoms with Gasteiger partial charge in [-0.3, -0.25) is 14.6 Å². The van der Waals surface area contributed by atoms with Crippen LogP contribution in [0, 0.1) is 5.92 Å². The summed E-state index contributed by atoms with van der Waals surface area (Å²) in [7, 11) is 0. The third-order valence-electron chi connectivity index (χ3n) is 4.45. The summed E-state index contributed by atoms with van der Waals surface area (Å²) in [5, 5.41) is 0. The molecule has 1 saturated heterocycles. The van der Waals surface area contributed by atoms with Crippen molar-refractivity contribution < 1.29 is 9.59 Å². The second-order valence-corrected chi connectivity index (χ2v) is 6.30. The van der Waals surface area contributed by atoms with Gasteiger partial charge in [0, 0.05) is 31.0 Å². The van der Waals surface area contributed by atoms with Gasteiger partial charge in [-0.15, -0.1) is 0 Å². The number of hydrogen-bond donors (Lipinski definition) is 1. The lowest BCUT2D eigenvalue weighted by molar-refractivity contribution is -0.129. The highest BCUT2D eigenvalue weighted by atomic mass is 16.2. The molecule has 124 valence electrons. The standard InChI is InChI=1S/C19H21N3O2/c20-19(24)17-5-1-3-14(10-17)9-16-6-8-22(13-16)18(23)11-15-4-2-7-21-12-15/h1-5,7,10,12,16H,6,8-9,11,13H2,(H2,20,24)/t16-/m1/s1. The van der Waals surface area contributed by atoms with Gasteiger partial charge in [-0.25, -0.2) is 0 Å². The van der Waals surface area contributed by atoms with E-state index in [4.69, 9.17) is 5.73 Å². The summed E-state index contributed by atoms with van der Waals surface area (Å²) in [6, 6.07) is 11.2. The highest BCUT2D eigenvalue weighted by molar-refractivity contribution is 5.92. The van der Waals surface area contributed by atoms with Crippen LogP contribution in [0.25, 0.3) is 0 Å². The Morgan fingerprint density at radius 2 is 2.04 bits per heavy atom. The summed E-state index contributed by atoms with van der Waals surface area (Å²) < 4.78 is 0. The molecule has 5 nitrogen and oxygen atoms in total. The molecule has 0 aliphatic carbocycles. The van der Waals surface area contributed by atoms with Crippen molar-refractivity contribution in [1.82, 2.24) is 9.88 Å². The number of nitrogens with zero attached hydrogens (tertiary/aromatic N) is 2. The molecule has 0 spiro atoms. The molecule has 2 N–H and O–H groups in total. The third-order valence-corrected chi connectivity index (χ3v) is 4.45. The molecule has 0 saturated carbocycles. The van der Waals surface area contributed by atoms with Crippen LogP contribution in [0.2, 0.25) is 0 Å². The van der Waals surface area contributed by atoms with Crippen molar-refractivity contribution >= 4 is 11.8 Å². The summed E-state index contributed by atoms with van der Waals surface area (Å²) in [4.78, 5) is 29.6. The summed E-state index contributed by atoms with van der Waals surface area (Å²) >= 11 is 0. The van der Waals surface area contributed by atoms with Crippen LogP contribution in [0.5, 0.6) is 0 Å². The van der Waals surface area contributed by atoms with Crippen molar-refractivity contribution in [3.05, 3.63) is 65.5 Å². The molecule has 1 aliphatic heterocycles. The summed E-state index contributed by atoms with van der Waals surface area (Å²) in [5.41, 5.74) is 7.91. The van der Waals surface area contributed by atoms with Gasteiger partial charge in [0.15, 0.2) is 0 Å². The highest BCUT2D eigenvalue weighted by Gasteiger charge is 2.26. The predicted octanol–water partition coefficient (Wildman–Crippen LogP) is 1.81. The van der Waals surface area contributed by atoms with E-state index >= 15 is 0 Å². The maximum atomic E-state index is 12.4. The molecule has 1 atom stereocenters. The Hall–Kier alpha value is -2.69. The smallest absolute Gasteiger partial charge is 0.248 e. The van der Waals surface area contributed by atoms with Crippen LogP contribution in [0.15, 0.2) is 48.8 Å². The molecular formula is C19H21N3O2. The molecule has 24 heavy (non-hydrogen) atoms. The van der Waals surface area contributed by atoms with Gasteiger partial charge < -0.3 is 10.6 Å². The van der Waals surface area contributed by atoms with E-state index in [9.17, 15) is 9.59 Å². The van der Waals surface area contributed by atoms with E-state index in [1.54, 1.807) is 18.5 Å². The van der Waals surface area contributed by atoms with E-state index in [0.29, 0.717) is 17.9 Å². The number of nitrogens with two attached hydrogens (primary N) is 1. The van der Waals surface area contributed by atoms with Crippen molar-refractivity contribution in [2.75, 3.05) is 13.1 Å². The maximum Gasteiger partial charge on any atom is 0.248 e. The lowest BCUT2D eigenvalue weighted by Crippen LogP contribution is -2.30. The Labute approximate surface area is 141 Å². The van der Waals surface area contributed by atoms with E-state index in [1.807, 2.05) is 35.2 Å². The lowest BCUT2D eigenvalue weighted by atomic mass is 9.97. The zero-order valence-electron chi connectivity index (χ0n) is 13.5. The van der Waals surface area contributed by atoms with E-state index in [2.05, 4.69) is 4.98 Å². The summed E-state index contributed by atoms with van der Waals surface area (Å²) in [6.45, 7) is 1.55. The Kier molecular flexibility index (Phi) is 4.89. The molecule has 0 unspecified atom stereocenters. The van der Waals surface area contributed by atoms with Gasteiger partial charge in [-0.05, 0) is 48.1 Å². The minimum absolute atomic E-state index is 0.149. The Morgan fingerprint density at radius 3 is 2.79 bits per heavy atom. The van der Waals surface area contributed by atoms with Crippen LogP contribution in [0.3, 0.4) is 0 Å². The topological polar surface area (TPSA) is 76.3 Å². The van der Waals surface area contributed by atoms with E-state index in [0.717, 1.165) is 37.1 Å². The number of likely N-dealkylation sites (tertiary alicyclic amines) is 1. The molecule has 2 aromatic rings. The second kappa shape index (κ2) is 7.25. The number of primary amides is 1. The van der Waals surface area contributed by atoms with Gasteiger partial charge in [0.1, 0.15) is 0 Å². The number of carbonyl (C=O) groups excluding carboxylic acids is 2. The van der Waals surface area contributed by atoms with Crippen LogP contribution in [-0.2, 0) is 17.6 Å². The maximum absolute atomic E-state index is 12.4. The van der Waals surface area contributed by atoms with E-state index < -0.39 is 5.91 Å². The van der Waals surface area contributed by atoms with E-state index in [-0.39, 0.29) is 5.91 Å². The number of carbonyl (C=O) groups is 2. The molecule has 2 amide bonds. The average Bonchev–Trinajstić information content (AvgIpc) is 3.04. The first-order valence-corrected chi connectivity index (χ1v) is 8.17. The zero-order valence-corrected chi connectivity index (χ0v) is 13.5. The number of rotatable bonds is 5. The molecule has 5 heteroatoms. The van der Waals surface area contributed by atoms with E-state index in [1.165, 1.54) is 0 Å². The summed E-state index contributed by atoms with van der Waals surface area (Å²) in [6.07, 6.45) is 5.69. The molecule has 2 heterocycles. The van der Waals surface area contributed by atoms with Crippen molar-refractivity contribution in [3.8, 4) is 0 Å². The first-order chi connectivity index (χ1) is 11.6. The SMILES string of the molecule is NC(=O)c1cccc(C[C@H]2CCN(C(=O)Cc3cccnc3)C2)c1. The third kappa shape index (κ3) is 3.98. The molecule has 3 rings (SSSR count). The van der Waals surface area contributed by atoms with Crippen LogP contribution >= 0.6 is 0 Å². The number of aromatic nitrogens is 1. The Bertz CT molecular complexity index is 730. The fourth-order valence-corrected chi connectivity index (χ4v) is 3.20. The van der Waals surface area contributed by atoms with Gasteiger partial charge >= 0.3 is 0 Å². The van der Waals surface area contributed by atoms with Crippen molar-refractivity contribution in [2.45, 2.75) is 19.3 Å². The minimum Gasteiger partial charge on any atom is -0.366 e. The number of pyridine rings is 1. The van der Waals surface area contributed by atoms with Crippen LogP contribution < -0.4 is 5.73 Å². The van der Waals surface area contributed by atoms with Gasteiger partial charge in [0.25, 0.3) is 0 Å². The monoisotopic (exact) mass is 323 g/mol.